The lowest BCUT2D eigenvalue weighted by Gasteiger charge is -2.13. The Kier molecular flexibility index (Phi) is 4.48. The number of halogens is 1. The lowest BCUT2D eigenvalue weighted by atomic mass is 10.2. The summed E-state index contributed by atoms with van der Waals surface area (Å²) in [6.45, 7) is 2.81. The maximum Gasteiger partial charge on any atom is 0.229 e. The highest BCUT2D eigenvalue weighted by molar-refractivity contribution is 6.31. The van der Waals surface area contributed by atoms with Crippen LogP contribution in [0, 0.1) is 0 Å². The summed E-state index contributed by atoms with van der Waals surface area (Å²) in [6.07, 6.45) is 0. The van der Waals surface area contributed by atoms with Gasteiger partial charge in [0.15, 0.2) is 0 Å². The van der Waals surface area contributed by atoms with Gasteiger partial charge in [0.1, 0.15) is 11.6 Å². The molecule has 6 heteroatoms. The molecule has 5 nitrogen and oxygen atoms in total. The lowest BCUT2D eigenvalue weighted by Crippen LogP contribution is -2.05. The molecule has 2 N–H and O–H groups in total. The normalized spacial score (nSPS) is 10.6. The Morgan fingerprint density at radius 1 is 1.13 bits per heavy atom. The van der Waals surface area contributed by atoms with Gasteiger partial charge < -0.3 is 15.4 Å². The summed E-state index contributed by atoms with van der Waals surface area (Å²) in [6, 6.07) is 13.2. The van der Waals surface area contributed by atoms with E-state index in [1.54, 1.807) is 25.3 Å². The van der Waals surface area contributed by atoms with E-state index in [0.29, 0.717) is 16.7 Å². The molecule has 0 aliphatic rings. The number of aromatic nitrogens is 2. The summed E-state index contributed by atoms with van der Waals surface area (Å²) < 4.78 is 5.35. The van der Waals surface area contributed by atoms with Crippen LogP contribution in [0.2, 0.25) is 5.02 Å². The highest BCUT2D eigenvalue weighted by Crippen LogP contribution is 2.30. The molecule has 0 bridgehead atoms. The number of ether oxygens (including phenoxy) is 1. The van der Waals surface area contributed by atoms with Gasteiger partial charge in [-0.15, -0.1) is 0 Å². The number of fused-ring (bicyclic) bond motifs is 1. The van der Waals surface area contributed by atoms with E-state index in [1.165, 1.54) is 0 Å². The second-order valence-electron chi connectivity index (χ2n) is 4.91. The molecule has 1 aromatic heterocycles. The van der Waals surface area contributed by atoms with Crippen LogP contribution in [0.15, 0.2) is 42.5 Å². The third-order valence-corrected chi connectivity index (χ3v) is 3.59. The molecule has 0 saturated carbocycles. The van der Waals surface area contributed by atoms with Gasteiger partial charge in [-0.2, -0.15) is 4.98 Å². The van der Waals surface area contributed by atoms with Crippen molar-refractivity contribution < 1.29 is 4.74 Å². The fourth-order valence-electron chi connectivity index (χ4n) is 2.33. The van der Waals surface area contributed by atoms with Gasteiger partial charge in [-0.3, -0.25) is 0 Å². The van der Waals surface area contributed by atoms with Crippen molar-refractivity contribution >= 4 is 40.0 Å². The summed E-state index contributed by atoms with van der Waals surface area (Å²) in [5, 5.41) is 8.05. The SMILES string of the molecule is CCNc1nc(Nc2cc(Cl)ccc2OC)nc2ccccc12. The Morgan fingerprint density at radius 3 is 2.74 bits per heavy atom. The number of anilines is 3. The van der Waals surface area contributed by atoms with E-state index in [-0.39, 0.29) is 0 Å². The van der Waals surface area contributed by atoms with Crippen LogP contribution in [0.3, 0.4) is 0 Å². The second-order valence-corrected chi connectivity index (χ2v) is 5.35. The number of rotatable bonds is 5. The van der Waals surface area contributed by atoms with Crippen LogP contribution < -0.4 is 15.4 Å². The average Bonchev–Trinajstić information content (AvgIpc) is 2.55. The van der Waals surface area contributed by atoms with Crippen molar-refractivity contribution in [1.29, 1.82) is 0 Å². The highest BCUT2D eigenvalue weighted by atomic mass is 35.5. The van der Waals surface area contributed by atoms with E-state index >= 15 is 0 Å². The van der Waals surface area contributed by atoms with E-state index in [0.717, 1.165) is 29.0 Å². The molecule has 2 aromatic carbocycles. The molecule has 0 unspecified atom stereocenters. The molecule has 118 valence electrons. The third kappa shape index (κ3) is 3.29. The lowest BCUT2D eigenvalue weighted by molar-refractivity contribution is 0.417. The smallest absolute Gasteiger partial charge is 0.229 e. The van der Waals surface area contributed by atoms with Crippen molar-refractivity contribution in [2.45, 2.75) is 6.92 Å². The highest BCUT2D eigenvalue weighted by Gasteiger charge is 2.10. The first-order valence-corrected chi connectivity index (χ1v) is 7.70. The van der Waals surface area contributed by atoms with E-state index in [1.807, 2.05) is 31.2 Å². The maximum atomic E-state index is 6.07. The van der Waals surface area contributed by atoms with Crippen LogP contribution in [0.4, 0.5) is 17.5 Å². The average molecular weight is 329 g/mol. The minimum absolute atomic E-state index is 0.486. The molecular weight excluding hydrogens is 312 g/mol. The van der Waals surface area contributed by atoms with Crippen molar-refractivity contribution in [2.24, 2.45) is 0 Å². The quantitative estimate of drug-likeness (QED) is 0.723. The molecule has 0 fully saturated rings. The fourth-order valence-corrected chi connectivity index (χ4v) is 2.51. The van der Waals surface area contributed by atoms with Crippen molar-refractivity contribution in [3.8, 4) is 5.75 Å². The Bertz CT molecular complexity index is 838. The molecule has 0 amide bonds. The molecule has 23 heavy (non-hydrogen) atoms. The standard InChI is InChI=1S/C17H17ClN4O/c1-3-19-16-12-6-4-5-7-13(12)20-17(22-16)21-14-10-11(18)8-9-15(14)23-2/h4-10H,3H2,1-2H3,(H2,19,20,21,22). The molecule has 3 rings (SSSR count). The zero-order valence-electron chi connectivity index (χ0n) is 12.9. The molecule has 0 aliphatic carbocycles. The van der Waals surface area contributed by atoms with E-state index in [4.69, 9.17) is 16.3 Å². The monoisotopic (exact) mass is 328 g/mol. The molecule has 3 aromatic rings. The fraction of sp³-hybridized carbons (Fsp3) is 0.176. The molecule has 0 aliphatic heterocycles. The zero-order valence-corrected chi connectivity index (χ0v) is 13.7. The maximum absolute atomic E-state index is 6.07. The van der Waals surface area contributed by atoms with Gasteiger partial charge in [-0.1, -0.05) is 23.7 Å². The minimum atomic E-state index is 0.486. The molecular formula is C17H17ClN4O. The van der Waals surface area contributed by atoms with Crippen LogP contribution in [0.25, 0.3) is 10.9 Å². The van der Waals surface area contributed by atoms with Crippen LogP contribution in [0.1, 0.15) is 6.92 Å². The predicted molar refractivity (Wildman–Crippen MR) is 95.0 cm³/mol. The first-order valence-electron chi connectivity index (χ1n) is 7.32. The van der Waals surface area contributed by atoms with Gasteiger partial charge in [0, 0.05) is 17.0 Å². The molecule has 0 radical (unpaired) electrons. The van der Waals surface area contributed by atoms with Gasteiger partial charge in [0.2, 0.25) is 5.95 Å². The summed E-state index contributed by atoms with van der Waals surface area (Å²) in [5.74, 6) is 1.96. The number of para-hydroxylation sites is 1. The largest absolute Gasteiger partial charge is 0.495 e. The van der Waals surface area contributed by atoms with Gasteiger partial charge in [-0.05, 0) is 37.3 Å². The number of hydrogen-bond donors (Lipinski definition) is 2. The second kappa shape index (κ2) is 6.71. The first kappa shape index (κ1) is 15.4. The van der Waals surface area contributed by atoms with Gasteiger partial charge in [0.25, 0.3) is 0 Å². The number of methoxy groups -OCH3 is 1. The summed E-state index contributed by atoms with van der Waals surface area (Å²) in [5.41, 5.74) is 1.58. The van der Waals surface area contributed by atoms with E-state index in [9.17, 15) is 0 Å². The summed E-state index contributed by atoms with van der Waals surface area (Å²) >= 11 is 6.07. The number of benzene rings is 2. The molecule has 0 atom stereocenters. The molecule has 1 heterocycles. The zero-order chi connectivity index (χ0) is 16.2. The predicted octanol–water partition coefficient (Wildman–Crippen LogP) is 4.47. The minimum Gasteiger partial charge on any atom is -0.495 e. The Hall–Kier alpha value is -2.53. The van der Waals surface area contributed by atoms with Crippen LogP contribution in [0.5, 0.6) is 5.75 Å². The molecule has 0 saturated heterocycles. The van der Waals surface area contributed by atoms with E-state index in [2.05, 4.69) is 20.6 Å². The van der Waals surface area contributed by atoms with Crippen LogP contribution in [-0.2, 0) is 0 Å². The Balaban J connectivity index is 2.05. The van der Waals surface area contributed by atoms with Crippen molar-refractivity contribution in [3.63, 3.8) is 0 Å². The number of hydrogen-bond acceptors (Lipinski definition) is 5. The first-order chi connectivity index (χ1) is 11.2. The number of nitrogens with zero attached hydrogens (tertiary/aromatic N) is 2. The molecule has 0 spiro atoms. The summed E-state index contributed by atoms with van der Waals surface area (Å²) in [4.78, 5) is 9.12. The Labute approximate surface area is 139 Å². The van der Waals surface area contributed by atoms with Gasteiger partial charge in [-0.25, -0.2) is 4.98 Å². The van der Waals surface area contributed by atoms with Crippen LogP contribution in [-0.4, -0.2) is 23.6 Å². The number of nitrogens with one attached hydrogen (secondary N) is 2. The van der Waals surface area contributed by atoms with Crippen LogP contribution >= 0.6 is 11.6 Å². The Morgan fingerprint density at radius 2 is 1.96 bits per heavy atom. The summed E-state index contributed by atoms with van der Waals surface area (Å²) in [7, 11) is 1.61. The van der Waals surface area contributed by atoms with E-state index < -0.39 is 0 Å². The third-order valence-electron chi connectivity index (χ3n) is 3.36. The van der Waals surface area contributed by atoms with Crippen molar-refractivity contribution in [2.75, 3.05) is 24.3 Å². The van der Waals surface area contributed by atoms with Gasteiger partial charge >= 0.3 is 0 Å². The van der Waals surface area contributed by atoms with Crippen molar-refractivity contribution in [1.82, 2.24) is 9.97 Å². The van der Waals surface area contributed by atoms with Crippen molar-refractivity contribution in [3.05, 3.63) is 47.5 Å². The van der Waals surface area contributed by atoms with Gasteiger partial charge in [0.05, 0.1) is 18.3 Å². The topological polar surface area (TPSA) is 59.1 Å².